The van der Waals surface area contributed by atoms with Crippen molar-refractivity contribution < 1.29 is 59.4 Å². The van der Waals surface area contributed by atoms with Gasteiger partial charge >= 0.3 is 0 Å². The van der Waals surface area contributed by atoms with Gasteiger partial charge in [0.05, 0.1) is 69.6 Å². The van der Waals surface area contributed by atoms with E-state index in [1.54, 1.807) is 0 Å². The van der Waals surface area contributed by atoms with Gasteiger partial charge in [0.25, 0.3) is 0 Å². The molecule has 42 heavy (non-hydrogen) atoms. The molecular formula is C26H8N4O12-6. The van der Waals surface area contributed by atoms with Gasteiger partial charge in [0.1, 0.15) is 0 Å². The van der Waals surface area contributed by atoms with Gasteiger partial charge in [-0.05, 0) is 36.4 Å². The first-order chi connectivity index (χ1) is 19.8. The van der Waals surface area contributed by atoms with Crippen LogP contribution in [0.15, 0.2) is 24.3 Å². The lowest BCUT2D eigenvalue weighted by molar-refractivity contribution is -0.299. The summed E-state index contributed by atoms with van der Waals surface area (Å²) < 4.78 is 0. The molecule has 2 N–H and O–H groups in total. The highest BCUT2D eigenvalue weighted by Crippen LogP contribution is 2.36. The van der Waals surface area contributed by atoms with Crippen molar-refractivity contribution in [1.29, 1.82) is 0 Å². The zero-order chi connectivity index (χ0) is 30.6. The zero-order valence-electron chi connectivity index (χ0n) is 20.3. The Balaban J connectivity index is 2.21. The van der Waals surface area contributed by atoms with Crippen molar-refractivity contribution in [3.63, 3.8) is 0 Å². The number of nitrogens with one attached hydrogen (secondary N) is 2. The molecule has 5 rings (SSSR count). The van der Waals surface area contributed by atoms with Gasteiger partial charge in [-0.3, -0.25) is 0 Å². The van der Waals surface area contributed by atoms with Gasteiger partial charge in [0, 0.05) is 44.4 Å². The van der Waals surface area contributed by atoms with Gasteiger partial charge < -0.3 is 69.4 Å². The van der Waals surface area contributed by atoms with Gasteiger partial charge in [-0.15, -0.1) is 0 Å². The van der Waals surface area contributed by atoms with E-state index in [9.17, 15) is 59.4 Å². The lowest BCUT2D eigenvalue weighted by atomic mass is 9.98. The minimum Gasteiger partial charge on any atom is -0.545 e. The van der Waals surface area contributed by atoms with Crippen LogP contribution in [0.2, 0.25) is 0 Å². The third-order valence-corrected chi connectivity index (χ3v) is 6.18. The second-order valence-corrected chi connectivity index (χ2v) is 8.61. The molecule has 0 spiro atoms. The summed E-state index contributed by atoms with van der Waals surface area (Å²) >= 11 is 0. The van der Waals surface area contributed by atoms with Crippen LogP contribution in [0.5, 0.6) is 0 Å². The molecule has 3 aromatic heterocycles. The molecular weight excluding hydrogens is 560 g/mol. The molecule has 16 nitrogen and oxygen atoms in total. The highest BCUT2D eigenvalue weighted by Gasteiger charge is 2.30. The molecule has 0 atom stereocenters. The highest BCUT2D eigenvalue weighted by atomic mass is 16.4. The number of rotatable bonds is 6. The fraction of sp³-hybridized carbons (Fsp3) is 0. The van der Waals surface area contributed by atoms with Gasteiger partial charge in [-0.25, -0.2) is 9.97 Å². The normalized spacial score (nSPS) is 12.3. The number of aliphatic carboxylic acids is 2. The number of fused-ring (bicyclic) bond motifs is 8. The summed E-state index contributed by atoms with van der Waals surface area (Å²) in [4.78, 5) is 85.7. The number of aromatic nitrogens is 4. The molecule has 8 bridgehead atoms. The average molecular weight is 568 g/mol. The Bertz CT molecular complexity index is 2060. The van der Waals surface area contributed by atoms with Crippen LogP contribution >= 0.6 is 0 Å². The number of aromatic amines is 2. The molecule has 0 aromatic carbocycles. The van der Waals surface area contributed by atoms with Crippen molar-refractivity contribution in [3.05, 3.63) is 69.3 Å². The Kier molecular flexibility index (Phi) is 6.15. The van der Waals surface area contributed by atoms with Crippen LogP contribution in [0.25, 0.3) is 45.4 Å². The van der Waals surface area contributed by atoms with Crippen LogP contribution in [0.3, 0.4) is 0 Å². The molecule has 0 fully saturated rings. The monoisotopic (exact) mass is 568 g/mol. The van der Waals surface area contributed by atoms with Crippen molar-refractivity contribution in [2.45, 2.75) is 0 Å². The number of carbonyl (C=O) groups is 6. The second kappa shape index (κ2) is 9.56. The molecule has 0 saturated carbocycles. The van der Waals surface area contributed by atoms with Crippen LogP contribution in [0.4, 0.5) is 0 Å². The number of aromatic carboxylic acids is 4. The van der Waals surface area contributed by atoms with E-state index in [0.29, 0.717) is 0 Å². The number of nitrogens with zero attached hydrogens (tertiary/aromatic N) is 2. The Morgan fingerprint density at radius 2 is 1.05 bits per heavy atom. The molecule has 16 heteroatoms. The minimum absolute atomic E-state index is 0.0145. The smallest absolute Gasteiger partial charge is 0.0847 e. The van der Waals surface area contributed by atoms with Crippen LogP contribution < -0.4 is 30.6 Å². The van der Waals surface area contributed by atoms with E-state index in [1.165, 1.54) is 24.3 Å². The molecule has 3 aromatic rings. The number of H-pyrrole nitrogens is 2. The lowest BCUT2D eigenvalue weighted by Gasteiger charge is -2.14. The summed E-state index contributed by atoms with van der Waals surface area (Å²) in [5.41, 5.74) is -12.4. The second-order valence-electron chi connectivity index (χ2n) is 8.61. The molecule has 0 amide bonds. The van der Waals surface area contributed by atoms with E-state index < -0.39 is 91.6 Å². The average Bonchev–Trinajstić information content (AvgIpc) is 3.65. The topological polar surface area (TPSA) is 298 Å². The molecule has 0 unspecified atom stereocenters. The largest absolute Gasteiger partial charge is 0.545 e. The number of carbonyl (C=O) groups excluding carboxylic acids is 6. The predicted octanol–water partition coefficient (Wildman–Crippen LogP) is -5.65. The predicted molar refractivity (Wildman–Crippen MR) is 124 cm³/mol. The third kappa shape index (κ3) is 4.20. The first-order valence-electron chi connectivity index (χ1n) is 11.3. The zero-order valence-corrected chi connectivity index (χ0v) is 20.3. The maximum atomic E-state index is 12.4. The van der Waals surface area contributed by atoms with Gasteiger partial charge in [-0.1, -0.05) is 0 Å². The van der Waals surface area contributed by atoms with Crippen LogP contribution in [-0.2, 0) is 9.59 Å². The lowest BCUT2D eigenvalue weighted by Crippen LogP contribution is -2.32. The third-order valence-electron chi connectivity index (χ3n) is 6.18. The van der Waals surface area contributed by atoms with E-state index in [0.717, 1.165) is 12.1 Å². The summed E-state index contributed by atoms with van der Waals surface area (Å²) in [6, 6.07) is 4.84. The summed E-state index contributed by atoms with van der Waals surface area (Å²) in [7, 11) is 0. The first-order valence-corrected chi connectivity index (χ1v) is 11.3. The SMILES string of the molecule is O=C([O-])C1=C(C(=O)[O-])c2nc1c(C(=O)[O-])c1ccc(cc3nc(cc4[nH]c(c2C(=O)[O-])c(C(=O)[O-])c4C(=O)[O-])C=C3)[nH]1. The summed E-state index contributed by atoms with van der Waals surface area (Å²) in [6.07, 6.45) is 2.79. The van der Waals surface area contributed by atoms with E-state index in [1.807, 2.05) is 0 Å². The molecule has 210 valence electrons. The van der Waals surface area contributed by atoms with Gasteiger partial charge in [0.15, 0.2) is 0 Å². The van der Waals surface area contributed by atoms with Crippen LogP contribution in [0.1, 0.15) is 64.2 Å². The van der Waals surface area contributed by atoms with Crippen LogP contribution in [0, 0.1) is 0 Å². The Labute approximate surface area is 230 Å². The molecule has 0 saturated heterocycles. The van der Waals surface area contributed by atoms with Crippen molar-refractivity contribution in [2.24, 2.45) is 0 Å². The Morgan fingerprint density at radius 1 is 0.524 bits per heavy atom. The Morgan fingerprint density at radius 3 is 1.57 bits per heavy atom. The maximum absolute atomic E-state index is 12.4. The van der Waals surface area contributed by atoms with Crippen molar-refractivity contribution >= 4 is 81.2 Å². The van der Waals surface area contributed by atoms with E-state index in [-0.39, 0.29) is 22.4 Å². The number of carboxylic acid groups (broad SMARTS) is 6. The van der Waals surface area contributed by atoms with Gasteiger partial charge in [-0.2, -0.15) is 0 Å². The standard InChI is InChI=1S/C26H14N4O12/c31-21(32)12-11-6-9-2-1-7(27-9)5-8-3-4-10(28-8)13(22(33)34)18-15(24(37)38)16(25(39)40)20(30-18)17(26(41)42)19(29-11)14(12)23(35)36/h1-6,28-29H,(H,31,32)(H,33,34)(H,35,36)(H,37,38)(H,39,40)(H,41,42)/p-6. The highest BCUT2D eigenvalue weighted by molar-refractivity contribution is 6.38. The maximum Gasteiger partial charge on any atom is 0.0847 e. The summed E-state index contributed by atoms with van der Waals surface area (Å²) in [5.74, 6) is -13.7. The fourth-order valence-corrected chi connectivity index (χ4v) is 4.61. The number of hydrogen-bond acceptors (Lipinski definition) is 14. The van der Waals surface area contributed by atoms with E-state index >= 15 is 0 Å². The molecule has 2 aliphatic rings. The molecule has 0 aliphatic carbocycles. The first kappa shape index (κ1) is 27.0. The molecule has 5 heterocycles. The molecule has 2 aliphatic heterocycles. The van der Waals surface area contributed by atoms with E-state index in [2.05, 4.69) is 19.9 Å². The number of hydrogen-bond donors (Lipinski definition) is 2. The van der Waals surface area contributed by atoms with E-state index in [4.69, 9.17) is 0 Å². The van der Waals surface area contributed by atoms with Crippen molar-refractivity contribution in [2.75, 3.05) is 0 Å². The Hall–Kier alpha value is -6.58. The van der Waals surface area contributed by atoms with Crippen LogP contribution in [-0.4, -0.2) is 55.8 Å². The van der Waals surface area contributed by atoms with Crippen molar-refractivity contribution in [3.8, 4) is 0 Å². The van der Waals surface area contributed by atoms with Gasteiger partial charge in [0.2, 0.25) is 0 Å². The molecule has 0 radical (unpaired) electrons. The number of carboxylic acids is 6. The quantitative estimate of drug-likeness (QED) is 0.219. The van der Waals surface area contributed by atoms with Crippen molar-refractivity contribution in [1.82, 2.24) is 19.9 Å². The summed E-state index contributed by atoms with van der Waals surface area (Å²) in [6.45, 7) is 0. The summed E-state index contributed by atoms with van der Waals surface area (Å²) in [5, 5.41) is 73.1. The minimum atomic E-state index is -2.40. The fourth-order valence-electron chi connectivity index (χ4n) is 4.61.